The number of ether oxygens (including phenoxy) is 2. The zero-order chi connectivity index (χ0) is 29.2. The van der Waals surface area contributed by atoms with Crippen LogP contribution in [0.3, 0.4) is 0 Å². The van der Waals surface area contributed by atoms with E-state index in [2.05, 4.69) is 4.98 Å². The molecule has 4 rings (SSSR count). The predicted octanol–water partition coefficient (Wildman–Crippen LogP) is 7.24. The van der Waals surface area contributed by atoms with Crippen molar-refractivity contribution in [3.05, 3.63) is 87.8 Å². The van der Waals surface area contributed by atoms with Crippen LogP contribution in [0.4, 0.5) is 0 Å². The van der Waals surface area contributed by atoms with Gasteiger partial charge in [-0.25, -0.2) is 0 Å². The van der Waals surface area contributed by atoms with Crippen molar-refractivity contribution in [2.75, 3.05) is 13.2 Å². The second-order valence-corrected chi connectivity index (χ2v) is 10.2. The van der Waals surface area contributed by atoms with E-state index < -0.39 is 11.9 Å². The molecular weight excluding hydrogens is 567 g/mol. The summed E-state index contributed by atoms with van der Waals surface area (Å²) in [5, 5.41) is 20.2. The fraction of sp³-hybridized carbons (Fsp3) is 0.258. The molecule has 8 nitrogen and oxygen atoms in total. The Morgan fingerprint density at radius 1 is 0.902 bits per heavy atom. The highest BCUT2D eigenvalue weighted by molar-refractivity contribution is 6.42. The first-order valence-electron chi connectivity index (χ1n) is 13.2. The molecule has 0 bridgehead atoms. The van der Waals surface area contributed by atoms with E-state index in [0.717, 1.165) is 40.6 Å². The maximum Gasteiger partial charge on any atom is 0.323 e. The number of hydrogen-bond acceptors (Lipinski definition) is 5. The number of hydrogen-bond donors (Lipinski definition) is 2. The number of para-hydroxylation sites is 1. The molecule has 0 fully saturated rings. The van der Waals surface area contributed by atoms with Gasteiger partial charge < -0.3 is 24.3 Å². The Hall–Kier alpha value is -4.01. The molecule has 0 saturated carbocycles. The van der Waals surface area contributed by atoms with Crippen LogP contribution in [0.2, 0.25) is 10.0 Å². The molecule has 2 heterocycles. The SMILES string of the molecule is O=C(O)CCCc1cn(CC(=O)O)c2c(C=Cc3ccc(OCCCCOc4cccc(Cl)c4Cl)cn3)cccc12. The van der Waals surface area contributed by atoms with Gasteiger partial charge in [-0.05, 0) is 67.2 Å². The van der Waals surface area contributed by atoms with E-state index >= 15 is 0 Å². The van der Waals surface area contributed by atoms with Gasteiger partial charge in [0.05, 0.1) is 35.6 Å². The predicted molar refractivity (Wildman–Crippen MR) is 160 cm³/mol. The molecule has 2 aromatic heterocycles. The number of rotatable bonds is 15. The number of pyridine rings is 1. The Kier molecular flexibility index (Phi) is 10.6. The van der Waals surface area contributed by atoms with Gasteiger partial charge >= 0.3 is 11.9 Å². The summed E-state index contributed by atoms with van der Waals surface area (Å²) >= 11 is 12.1. The van der Waals surface area contributed by atoms with Crippen LogP contribution in [0.1, 0.15) is 42.5 Å². The normalized spacial score (nSPS) is 11.3. The lowest BCUT2D eigenvalue weighted by Gasteiger charge is -2.09. The van der Waals surface area contributed by atoms with Crippen molar-refractivity contribution in [3.63, 3.8) is 0 Å². The van der Waals surface area contributed by atoms with Crippen LogP contribution < -0.4 is 9.47 Å². The van der Waals surface area contributed by atoms with Crippen LogP contribution in [0, 0.1) is 0 Å². The van der Waals surface area contributed by atoms with E-state index in [1.807, 2.05) is 42.5 Å². The molecule has 10 heteroatoms. The average molecular weight is 597 g/mol. The lowest BCUT2D eigenvalue weighted by Crippen LogP contribution is -2.07. The van der Waals surface area contributed by atoms with Crippen molar-refractivity contribution < 1.29 is 29.3 Å². The van der Waals surface area contributed by atoms with Gasteiger partial charge in [-0.2, -0.15) is 0 Å². The zero-order valence-electron chi connectivity index (χ0n) is 22.3. The van der Waals surface area contributed by atoms with Crippen molar-refractivity contribution >= 4 is 58.2 Å². The Balaban J connectivity index is 1.34. The van der Waals surface area contributed by atoms with Gasteiger partial charge in [-0.15, -0.1) is 0 Å². The third-order valence-electron chi connectivity index (χ3n) is 6.33. The lowest BCUT2D eigenvalue weighted by atomic mass is 10.0. The van der Waals surface area contributed by atoms with Gasteiger partial charge in [-0.3, -0.25) is 14.6 Å². The van der Waals surface area contributed by atoms with Gasteiger partial charge in [0.15, 0.2) is 0 Å². The summed E-state index contributed by atoms with van der Waals surface area (Å²) in [6.45, 7) is 0.823. The highest BCUT2D eigenvalue weighted by Crippen LogP contribution is 2.31. The molecule has 0 atom stereocenters. The number of nitrogens with zero attached hydrogens (tertiary/aromatic N) is 2. The van der Waals surface area contributed by atoms with E-state index in [0.29, 0.717) is 47.6 Å². The van der Waals surface area contributed by atoms with Gasteiger partial charge in [0.25, 0.3) is 0 Å². The maximum absolute atomic E-state index is 11.5. The molecule has 0 amide bonds. The minimum atomic E-state index is -0.951. The highest BCUT2D eigenvalue weighted by Gasteiger charge is 2.14. The van der Waals surface area contributed by atoms with Crippen LogP contribution in [0.15, 0.2) is 60.9 Å². The third kappa shape index (κ3) is 8.49. The van der Waals surface area contributed by atoms with Crippen molar-refractivity contribution in [1.82, 2.24) is 9.55 Å². The summed E-state index contributed by atoms with van der Waals surface area (Å²) in [4.78, 5) is 26.9. The summed E-state index contributed by atoms with van der Waals surface area (Å²) in [7, 11) is 0. The molecule has 0 aliphatic carbocycles. The zero-order valence-corrected chi connectivity index (χ0v) is 23.8. The molecule has 0 radical (unpaired) electrons. The number of fused-ring (bicyclic) bond motifs is 1. The molecular formula is C31H30Cl2N2O6. The first kappa shape index (κ1) is 30.0. The molecule has 214 valence electrons. The van der Waals surface area contributed by atoms with Gasteiger partial charge in [0.2, 0.25) is 0 Å². The number of benzene rings is 2. The van der Waals surface area contributed by atoms with E-state index in [1.54, 1.807) is 35.2 Å². The highest BCUT2D eigenvalue weighted by atomic mass is 35.5. The van der Waals surface area contributed by atoms with Crippen LogP contribution in [0.25, 0.3) is 23.1 Å². The largest absolute Gasteiger partial charge is 0.492 e. The van der Waals surface area contributed by atoms with Gasteiger partial charge in [-0.1, -0.05) is 53.5 Å². The molecule has 0 spiro atoms. The van der Waals surface area contributed by atoms with Crippen LogP contribution >= 0.6 is 23.2 Å². The number of unbranched alkanes of at least 4 members (excludes halogenated alkanes) is 1. The molecule has 4 aromatic rings. The molecule has 0 unspecified atom stereocenters. The number of aliphatic carboxylic acids is 2. The summed E-state index contributed by atoms with van der Waals surface area (Å²) in [5.41, 5.74) is 3.28. The second-order valence-electron chi connectivity index (χ2n) is 9.37. The summed E-state index contributed by atoms with van der Waals surface area (Å²) in [5.74, 6) is -0.579. The average Bonchev–Trinajstić information content (AvgIpc) is 3.29. The third-order valence-corrected chi connectivity index (χ3v) is 7.13. The Morgan fingerprint density at radius 2 is 1.68 bits per heavy atom. The summed E-state index contributed by atoms with van der Waals surface area (Å²) in [6.07, 6.45) is 9.89. The topological polar surface area (TPSA) is 111 Å². The van der Waals surface area contributed by atoms with Crippen LogP contribution in [-0.4, -0.2) is 44.9 Å². The molecule has 0 aliphatic heterocycles. The summed E-state index contributed by atoms with van der Waals surface area (Å²) in [6, 6.07) is 14.7. The van der Waals surface area contributed by atoms with Gasteiger partial charge in [0.1, 0.15) is 23.1 Å². The molecule has 0 aliphatic rings. The van der Waals surface area contributed by atoms with Gasteiger partial charge in [0, 0.05) is 18.0 Å². The van der Waals surface area contributed by atoms with Crippen molar-refractivity contribution in [2.24, 2.45) is 0 Å². The van der Waals surface area contributed by atoms with Crippen molar-refractivity contribution in [2.45, 2.75) is 38.6 Å². The van der Waals surface area contributed by atoms with Crippen molar-refractivity contribution in [1.29, 1.82) is 0 Å². The minimum absolute atomic E-state index is 0.0598. The molecule has 2 aromatic carbocycles. The number of aryl methyl sites for hydroxylation is 1. The number of carboxylic acid groups (broad SMARTS) is 2. The molecule has 41 heavy (non-hydrogen) atoms. The van der Waals surface area contributed by atoms with E-state index in [9.17, 15) is 14.7 Å². The fourth-order valence-electron chi connectivity index (χ4n) is 4.42. The maximum atomic E-state index is 11.5. The number of aromatic nitrogens is 2. The lowest BCUT2D eigenvalue weighted by molar-refractivity contribution is -0.138. The Labute approximate surface area is 247 Å². The first-order valence-corrected chi connectivity index (χ1v) is 14.0. The quantitative estimate of drug-likeness (QED) is 0.139. The van der Waals surface area contributed by atoms with E-state index in [1.165, 1.54) is 0 Å². The number of carbonyl (C=O) groups is 2. The second kappa shape index (κ2) is 14.6. The number of halogens is 2. The van der Waals surface area contributed by atoms with Crippen molar-refractivity contribution in [3.8, 4) is 11.5 Å². The molecule has 2 N–H and O–H groups in total. The number of carboxylic acids is 2. The first-order chi connectivity index (χ1) is 19.8. The smallest absolute Gasteiger partial charge is 0.323 e. The van der Waals surface area contributed by atoms with Crippen LogP contribution in [0.5, 0.6) is 11.5 Å². The standard InChI is InChI=1S/C31H30Cl2N2O6/c32-26-9-5-10-27(30(26)33)41-17-2-1-16-40-24-15-14-23(34-18-24)13-12-21-6-3-8-25-22(7-4-11-28(36)37)19-35(31(21)25)20-29(38)39/h3,5-6,8-10,12-15,18-19H,1-2,4,7,11,16-17,20H2,(H,36,37)(H,38,39). The Bertz CT molecular complexity index is 1530. The molecule has 0 saturated heterocycles. The summed E-state index contributed by atoms with van der Waals surface area (Å²) < 4.78 is 13.2. The van der Waals surface area contributed by atoms with E-state index in [-0.39, 0.29) is 13.0 Å². The monoisotopic (exact) mass is 596 g/mol. The van der Waals surface area contributed by atoms with E-state index in [4.69, 9.17) is 37.8 Å². The fourth-order valence-corrected chi connectivity index (χ4v) is 4.77. The minimum Gasteiger partial charge on any atom is -0.492 e. The van der Waals surface area contributed by atoms with Crippen LogP contribution in [-0.2, 0) is 22.6 Å². The Morgan fingerprint density at radius 3 is 2.41 bits per heavy atom.